The normalized spacial score (nSPS) is 11.5. The molecule has 0 atom stereocenters. The maximum atomic E-state index is 13.0. The van der Waals surface area contributed by atoms with Gasteiger partial charge in [-0.3, -0.25) is 9.48 Å². The molecule has 0 aliphatic carbocycles. The van der Waals surface area contributed by atoms with Gasteiger partial charge in [-0.1, -0.05) is 29.5 Å². The van der Waals surface area contributed by atoms with Crippen LogP contribution in [0.25, 0.3) is 33.9 Å². The quantitative estimate of drug-likeness (QED) is 0.0508. The lowest BCUT2D eigenvalue weighted by atomic mass is 10.1. The molecule has 0 aliphatic rings. The highest BCUT2D eigenvalue weighted by Gasteiger charge is 2.30. The van der Waals surface area contributed by atoms with Gasteiger partial charge in [0.1, 0.15) is 41.5 Å². The molecule has 0 amide bonds. The van der Waals surface area contributed by atoms with Crippen LogP contribution in [-0.2, 0) is 27.5 Å². The van der Waals surface area contributed by atoms with Gasteiger partial charge in [0.25, 0.3) is 0 Å². The number of nitrogens with zero attached hydrogens (tertiary/aromatic N) is 4. The Labute approximate surface area is 380 Å². The van der Waals surface area contributed by atoms with Gasteiger partial charge in [-0.2, -0.15) is 39.5 Å². The number of halogens is 9. The zero-order chi connectivity index (χ0) is 51.2. The van der Waals surface area contributed by atoms with Crippen LogP contribution < -0.4 is 46.8 Å². The minimum Gasteiger partial charge on any atom is -0.542 e. The first-order valence-electron chi connectivity index (χ1n) is 20.2. The molecule has 0 radical (unpaired) electrons. The number of anilines is 1. The van der Waals surface area contributed by atoms with E-state index in [1.54, 1.807) is 24.3 Å². The SMILES string of the molecule is CN(C)c1ccc(/C=C/c2oc3cc4cc(OCc5cn(CCC[NH2+]CCCC[NH2+]CCC[NH3+])nn5)ccc4cc3c(=O)c2O)cc1.O=C([O-])C(F)(F)F.O=C([O-])C(F)(F)F.O=C([O-])C(F)(F)F. The van der Waals surface area contributed by atoms with Crippen LogP contribution >= 0.6 is 0 Å². The highest BCUT2D eigenvalue weighted by atomic mass is 19.4. The Kier molecular flexibility index (Phi) is 22.7. The summed E-state index contributed by atoms with van der Waals surface area (Å²) in [5.41, 5.74) is 6.56. The van der Waals surface area contributed by atoms with Gasteiger partial charge in [0.2, 0.25) is 11.2 Å². The second kappa shape index (κ2) is 27.0. The van der Waals surface area contributed by atoms with Crippen molar-refractivity contribution in [3.63, 3.8) is 0 Å². The standard InChI is InChI=1S/C36H45N7O4.3C2HF3O2/c1-42(2)30-11-7-26(8-12-30)9-14-33-36(45)35(44)32-22-27-10-13-31(21-28(27)23-34(32)47-33)46-25-29-24-43(41-40-29)20-6-19-39-17-4-3-16-38-18-5-15-37;3*3-2(4,5)1(6)7/h7-14,21-24,38-39,45H,3-6,15-20,25,37H2,1-2H3;3*(H,6,7)/b14-9+;;;. The zero-order valence-corrected chi connectivity index (χ0v) is 36.4. The number of aliphatic carboxylic acids is 3. The number of hydrogen-bond acceptors (Lipinski definition) is 13. The van der Waals surface area contributed by atoms with Crippen LogP contribution in [0.15, 0.2) is 70.0 Å². The molecule has 0 unspecified atom stereocenters. The van der Waals surface area contributed by atoms with Crippen molar-refractivity contribution in [2.75, 3.05) is 51.7 Å². The summed E-state index contributed by atoms with van der Waals surface area (Å²) in [4.78, 5) is 41.4. The molecule has 0 saturated heterocycles. The first-order chi connectivity index (χ1) is 31.7. The number of aromatic hydroxyl groups is 1. The average molecular weight is 982 g/mol. The topological polar surface area (TPSA) is 275 Å². The highest BCUT2D eigenvalue weighted by molar-refractivity contribution is 5.97. The molecule has 374 valence electrons. The minimum absolute atomic E-state index is 0.108. The van der Waals surface area contributed by atoms with E-state index in [1.165, 1.54) is 38.9 Å². The number of unbranched alkanes of at least 4 members (excludes halogenated alkanes) is 1. The molecule has 0 aliphatic heterocycles. The summed E-state index contributed by atoms with van der Waals surface area (Å²) < 4.78 is 109. The molecule has 0 saturated carbocycles. The second-order valence-corrected chi connectivity index (χ2v) is 14.4. The molecule has 2 heterocycles. The minimum atomic E-state index is -5.19. The first kappa shape index (κ1) is 57.2. The van der Waals surface area contributed by atoms with E-state index in [9.17, 15) is 49.4 Å². The molecule has 26 heteroatoms. The third-order valence-corrected chi connectivity index (χ3v) is 8.85. The van der Waals surface area contributed by atoms with E-state index in [4.69, 9.17) is 38.9 Å². The number of quaternary nitrogens is 3. The van der Waals surface area contributed by atoms with Crippen LogP contribution in [0.3, 0.4) is 0 Å². The van der Waals surface area contributed by atoms with Crippen molar-refractivity contribution in [2.24, 2.45) is 0 Å². The summed E-state index contributed by atoms with van der Waals surface area (Å²) in [7, 11) is 3.96. The van der Waals surface area contributed by atoms with Crippen LogP contribution in [-0.4, -0.2) is 103 Å². The first-order valence-corrected chi connectivity index (χ1v) is 20.2. The lowest BCUT2D eigenvalue weighted by Gasteiger charge is -2.11. The van der Waals surface area contributed by atoms with Crippen molar-refractivity contribution in [1.82, 2.24) is 15.0 Å². The van der Waals surface area contributed by atoms with Gasteiger partial charge >= 0.3 is 18.5 Å². The van der Waals surface area contributed by atoms with Crippen molar-refractivity contribution < 1.29 is 99.8 Å². The summed E-state index contributed by atoms with van der Waals surface area (Å²) in [5, 5.41) is 52.3. The number of hydrogen-bond donors (Lipinski definition) is 4. The number of alkyl halides is 9. The molecule has 0 bridgehead atoms. The predicted molar refractivity (Wildman–Crippen MR) is 218 cm³/mol. The molecule has 0 spiro atoms. The van der Waals surface area contributed by atoms with E-state index in [0.717, 1.165) is 53.8 Å². The number of ether oxygens (including phenoxy) is 1. The van der Waals surface area contributed by atoms with Gasteiger partial charge in [-0.05, 0) is 58.8 Å². The summed E-state index contributed by atoms with van der Waals surface area (Å²) in [5.74, 6) is -8.65. The van der Waals surface area contributed by atoms with Gasteiger partial charge in [0.05, 0.1) is 44.3 Å². The highest BCUT2D eigenvalue weighted by Crippen LogP contribution is 2.29. The smallest absolute Gasteiger partial charge is 0.430 e. The number of carbonyl (C=O) groups excluding carboxylic acids is 3. The number of carbonyl (C=O) groups is 3. The van der Waals surface area contributed by atoms with Gasteiger partial charge in [0.15, 0.2) is 5.76 Å². The second-order valence-electron chi connectivity index (χ2n) is 14.4. The Bertz CT molecular complexity index is 2420. The average Bonchev–Trinajstić information content (AvgIpc) is 3.72. The van der Waals surface area contributed by atoms with Crippen LogP contribution in [0.1, 0.15) is 42.7 Å². The van der Waals surface area contributed by atoms with Crippen molar-refractivity contribution >= 4 is 57.5 Å². The number of carboxylic acid groups (broad SMARTS) is 3. The fraction of sp³-hybridized carbons (Fsp3) is 0.381. The number of benzene rings is 3. The zero-order valence-electron chi connectivity index (χ0n) is 36.4. The largest absolute Gasteiger partial charge is 0.542 e. The van der Waals surface area contributed by atoms with Crippen LogP contribution in [0.2, 0.25) is 0 Å². The Balaban J connectivity index is 0.000000626. The van der Waals surface area contributed by atoms with Gasteiger partial charge in [-0.25, -0.2) is 0 Å². The molecule has 3 aromatic carbocycles. The Morgan fingerprint density at radius 3 is 1.82 bits per heavy atom. The van der Waals surface area contributed by atoms with Crippen molar-refractivity contribution in [2.45, 2.75) is 57.4 Å². The van der Waals surface area contributed by atoms with Gasteiger partial charge < -0.3 is 65.2 Å². The fourth-order valence-corrected chi connectivity index (χ4v) is 5.40. The number of nitrogens with two attached hydrogens (primary N) is 2. The molecule has 5 aromatic rings. The molecule has 17 nitrogen and oxygen atoms in total. The Morgan fingerprint density at radius 2 is 1.31 bits per heavy atom. The molecular formula is C42H48F9N7O10. The van der Waals surface area contributed by atoms with E-state index in [-0.39, 0.29) is 5.76 Å². The van der Waals surface area contributed by atoms with Crippen LogP contribution in [0, 0.1) is 0 Å². The number of carboxylic acids is 3. The monoisotopic (exact) mass is 981 g/mol. The molecule has 2 aromatic heterocycles. The van der Waals surface area contributed by atoms with Crippen LogP contribution in [0.5, 0.6) is 11.5 Å². The summed E-state index contributed by atoms with van der Waals surface area (Å²) >= 11 is 0. The van der Waals surface area contributed by atoms with E-state index in [1.807, 2.05) is 72.3 Å². The molecule has 68 heavy (non-hydrogen) atoms. The Hall–Kier alpha value is -6.93. The third-order valence-electron chi connectivity index (χ3n) is 8.85. The van der Waals surface area contributed by atoms with Crippen LogP contribution in [0.4, 0.5) is 45.2 Å². The molecule has 5 rings (SSSR count). The third kappa shape index (κ3) is 20.7. The fourth-order valence-electron chi connectivity index (χ4n) is 5.40. The van der Waals surface area contributed by atoms with Gasteiger partial charge in [0, 0.05) is 52.0 Å². The van der Waals surface area contributed by atoms with Crippen molar-refractivity contribution in [3.8, 4) is 11.5 Å². The number of fused-ring (bicyclic) bond motifs is 2. The lowest BCUT2D eigenvalue weighted by Crippen LogP contribution is -2.86. The van der Waals surface area contributed by atoms with Crippen molar-refractivity contribution in [3.05, 3.63) is 88.0 Å². The summed E-state index contributed by atoms with van der Waals surface area (Å²) in [6.45, 7) is 6.79. The molecular weight excluding hydrogens is 933 g/mol. The summed E-state index contributed by atoms with van der Waals surface area (Å²) in [6.07, 6.45) is -5.48. The number of aromatic nitrogens is 3. The van der Waals surface area contributed by atoms with E-state index >= 15 is 0 Å². The molecule has 0 fully saturated rings. The van der Waals surface area contributed by atoms with E-state index in [2.05, 4.69) is 26.7 Å². The predicted octanol–water partition coefficient (Wildman–Crippen LogP) is -0.116. The number of rotatable bonds is 18. The summed E-state index contributed by atoms with van der Waals surface area (Å²) in [6, 6.07) is 17.1. The van der Waals surface area contributed by atoms with Crippen molar-refractivity contribution in [1.29, 1.82) is 0 Å². The Morgan fingerprint density at radius 1 is 0.779 bits per heavy atom. The number of aryl methyl sites for hydroxylation is 1. The van der Waals surface area contributed by atoms with E-state index in [0.29, 0.717) is 23.3 Å². The maximum absolute atomic E-state index is 13.0. The molecule has 8 N–H and O–H groups in total. The lowest BCUT2D eigenvalue weighted by molar-refractivity contribution is -0.666. The van der Waals surface area contributed by atoms with Gasteiger partial charge in [-0.15, -0.1) is 5.10 Å². The van der Waals surface area contributed by atoms with E-state index < -0.39 is 47.6 Å². The maximum Gasteiger partial charge on any atom is 0.430 e.